The van der Waals surface area contributed by atoms with E-state index in [0.29, 0.717) is 0 Å². The van der Waals surface area contributed by atoms with Crippen LogP contribution in [0.3, 0.4) is 0 Å². The molecule has 3 aromatic carbocycles. The molecule has 0 aliphatic carbocycles. The molecule has 0 radical (unpaired) electrons. The van der Waals surface area contributed by atoms with Gasteiger partial charge in [-0.05, 0) is 112 Å². The minimum Gasteiger partial charge on any atom is -0.300 e. The minimum absolute atomic E-state index is 0.797. The Morgan fingerprint density at radius 2 is 1.28 bits per heavy atom. The minimum atomic E-state index is 0.797. The lowest BCUT2D eigenvalue weighted by molar-refractivity contribution is 0.377. The molecule has 0 atom stereocenters. The molecule has 0 spiro atoms. The number of allylic oxidation sites excluding steroid dienone is 1. The molecule has 0 saturated carbocycles. The van der Waals surface area contributed by atoms with Crippen molar-refractivity contribution in [2.75, 3.05) is 39.3 Å². The van der Waals surface area contributed by atoms with Crippen molar-refractivity contribution < 1.29 is 0 Å². The summed E-state index contributed by atoms with van der Waals surface area (Å²) in [5.74, 6) is 0. The molecule has 222 valence electrons. The molecule has 0 amide bonds. The van der Waals surface area contributed by atoms with Crippen molar-refractivity contribution in [1.82, 2.24) is 14.8 Å². The lowest BCUT2D eigenvalue weighted by Gasteiger charge is -2.14. The SMILES string of the molecule is Cc1ccc(/C(=C\CN2CCCC2)c2ccccn2)cc1.Clc1ccc(CC(=CCN2CCCC2)c2ccccc2)cc1. The first-order valence-electron chi connectivity index (χ1n) is 15.8. The van der Waals surface area contributed by atoms with E-state index in [9.17, 15) is 0 Å². The van der Waals surface area contributed by atoms with Crippen molar-refractivity contribution in [2.24, 2.45) is 0 Å². The maximum absolute atomic E-state index is 5.99. The number of nitrogens with zero attached hydrogens (tertiary/aromatic N) is 3. The van der Waals surface area contributed by atoms with E-state index in [4.69, 9.17) is 11.6 Å². The van der Waals surface area contributed by atoms with Crippen LogP contribution in [0.25, 0.3) is 11.1 Å². The Bertz CT molecular complexity index is 1430. The second-order valence-electron chi connectivity index (χ2n) is 11.6. The molecule has 4 heteroatoms. The van der Waals surface area contributed by atoms with Gasteiger partial charge in [0, 0.05) is 29.9 Å². The van der Waals surface area contributed by atoms with Gasteiger partial charge in [-0.15, -0.1) is 0 Å². The number of benzene rings is 3. The van der Waals surface area contributed by atoms with Crippen LogP contribution in [0.4, 0.5) is 0 Å². The first-order chi connectivity index (χ1) is 21.1. The summed E-state index contributed by atoms with van der Waals surface area (Å²) in [6, 6.07) is 33.7. The highest BCUT2D eigenvalue weighted by Gasteiger charge is 2.13. The zero-order valence-corrected chi connectivity index (χ0v) is 26.2. The van der Waals surface area contributed by atoms with E-state index in [1.165, 1.54) is 85.3 Å². The van der Waals surface area contributed by atoms with Crippen LogP contribution in [0, 0.1) is 6.92 Å². The van der Waals surface area contributed by atoms with E-state index in [0.717, 1.165) is 30.2 Å². The summed E-state index contributed by atoms with van der Waals surface area (Å²) < 4.78 is 0. The van der Waals surface area contributed by atoms with Crippen LogP contribution in [0.15, 0.2) is 115 Å². The van der Waals surface area contributed by atoms with E-state index in [-0.39, 0.29) is 0 Å². The summed E-state index contributed by atoms with van der Waals surface area (Å²) >= 11 is 5.99. The standard InChI is InChI=1S/C20H22ClN.C19H22N2/c21-20-10-8-17(9-11-20)16-19(18-6-2-1-3-7-18)12-15-22-13-4-5-14-22;1-16-7-9-17(10-8-16)18(19-6-2-3-12-20-19)11-15-21-13-4-5-14-21/h1-3,6-12H,4-5,13-16H2;2-3,6-12H,4-5,13-15H2,1H3/b;18-11+. The zero-order valence-electron chi connectivity index (χ0n) is 25.5. The zero-order chi connectivity index (χ0) is 29.7. The third-order valence-corrected chi connectivity index (χ3v) is 8.55. The average molecular weight is 590 g/mol. The Labute approximate surface area is 263 Å². The van der Waals surface area contributed by atoms with E-state index in [2.05, 4.69) is 113 Å². The van der Waals surface area contributed by atoms with E-state index in [1.54, 1.807) is 0 Å². The van der Waals surface area contributed by atoms with Gasteiger partial charge in [-0.3, -0.25) is 14.8 Å². The fourth-order valence-electron chi connectivity index (χ4n) is 5.78. The number of rotatable bonds is 9. The molecule has 43 heavy (non-hydrogen) atoms. The highest BCUT2D eigenvalue weighted by molar-refractivity contribution is 6.30. The predicted octanol–water partition coefficient (Wildman–Crippen LogP) is 8.98. The van der Waals surface area contributed by atoms with Crippen LogP contribution in [0.1, 0.15) is 53.6 Å². The number of aryl methyl sites for hydroxylation is 1. The fraction of sp³-hybridized carbons (Fsp3) is 0.308. The molecule has 2 fully saturated rings. The van der Waals surface area contributed by atoms with E-state index in [1.807, 2.05) is 24.4 Å². The molecule has 2 aliphatic heterocycles. The van der Waals surface area contributed by atoms with Gasteiger partial charge in [0.15, 0.2) is 0 Å². The average Bonchev–Trinajstić information content (AvgIpc) is 3.78. The number of likely N-dealkylation sites (tertiary alicyclic amines) is 2. The normalized spacial score (nSPS) is 16.2. The Balaban J connectivity index is 0.000000171. The molecule has 2 saturated heterocycles. The molecule has 4 aromatic rings. The number of pyridine rings is 1. The number of hydrogen-bond acceptors (Lipinski definition) is 3. The van der Waals surface area contributed by atoms with Gasteiger partial charge in [0.25, 0.3) is 0 Å². The third kappa shape index (κ3) is 9.76. The van der Waals surface area contributed by atoms with Gasteiger partial charge in [0.2, 0.25) is 0 Å². The highest BCUT2D eigenvalue weighted by atomic mass is 35.5. The molecule has 3 nitrogen and oxygen atoms in total. The maximum atomic E-state index is 5.99. The highest BCUT2D eigenvalue weighted by Crippen LogP contribution is 2.23. The van der Waals surface area contributed by atoms with Gasteiger partial charge in [0.05, 0.1) is 5.69 Å². The lowest BCUT2D eigenvalue weighted by Crippen LogP contribution is -2.19. The summed E-state index contributed by atoms with van der Waals surface area (Å²) in [7, 11) is 0. The van der Waals surface area contributed by atoms with Crippen LogP contribution < -0.4 is 0 Å². The molecule has 3 heterocycles. The van der Waals surface area contributed by atoms with Crippen LogP contribution in [-0.4, -0.2) is 54.1 Å². The molecule has 0 N–H and O–H groups in total. The first-order valence-corrected chi connectivity index (χ1v) is 16.1. The van der Waals surface area contributed by atoms with Crippen molar-refractivity contribution >= 4 is 22.7 Å². The second kappa shape index (κ2) is 16.4. The maximum Gasteiger partial charge on any atom is 0.0705 e. The Morgan fingerprint density at radius 1 is 0.674 bits per heavy atom. The van der Waals surface area contributed by atoms with Crippen molar-refractivity contribution in [3.05, 3.63) is 148 Å². The van der Waals surface area contributed by atoms with Gasteiger partial charge < -0.3 is 0 Å². The number of halogens is 1. The van der Waals surface area contributed by atoms with Gasteiger partial charge >= 0.3 is 0 Å². The van der Waals surface area contributed by atoms with E-state index < -0.39 is 0 Å². The van der Waals surface area contributed by atoms with Crippen molar-refractivity contribution in [1.29, 1.82) is 0 Å². The molecule has 1 aromatic heterocycles. The molecular weight excluding hydrogens is 546 g/mol. The number of hydrogen-bond donors (Lipinski definition) is 0. The summed E-state index contributed by atoms with van der Waals surface area (Å²) in [6.07, 6.45) is 12.9. The topological polar surface area (TPSA) is 19.4 Å². The Kier molecular flexibility index (Phi) is 11.8. The molecule has 2 aliphatic rings. The Morgan fingerprint density at radius 3 is 1.88 bits per heavy atom. The monoisotopic (exact) mass is 589 g/mol. The summed E-state index contributed by atoms with van der Waals surface area (Å²) in [5, 5.41) is 0.797. The van der Waals surface area contributed by atoms with Gasteiger partial charge in [-0.25, -0.2) is 0 Å². The van der Waals surface area contributed by atoms with Crippen LogP contribution in [-0.2, 0) is 6.42 Å². The smallest absolute Gasteiger partial charge is 0.0705 e. The van der Waals surface area contributed by atoms with Crippen molar-refractivity contribution in [2.45, 2.75) is 39.0 Å². The third-order valence-electron chi connectivity index (χ3n) is 8.30. The second-order valence-corrected chi connectivity index (χ2v) is 12.0. The van der Waals surface area contributed by atoms with Gasteiger partial charge in [-0.2, -0.15) is 0 Å². The molecule has 0 bridgehead atoms. The largest absolute Gasteiger partial charge is 0.300 e. The Hall–Kier alpha value is -3.50. The molecule has 0 unspecified atom stereocenters. The quantitative estimate of drug-likeness (QED) is 0.194. The van der Waals surface area contributed by atoms with Crippen molar-refractivity contribution in [3.63, 3.8) is 0 Å². The van der Waals surface area contributed by atoms with Crippen LogP contribution in [0.5, 0.6) is 0 Å². The summed E-state index contributed by atoms with van der Waals surface area (Å²) in [6.45, 7) is 9.11. The van der Waals surface area contributed by atoms with Gasteiger partial charge in [0.1, 0.15) is 0 Å². The molecule has 6 rings (SSSR count). The number of aromatic nitrogens is 1. The first kappa shape index (κ1) is 30.9. The lowest BCUT2D eigenvalue weighted by atomic mass is 9.98. The van der Waals surface area contributed by atoms with Crippen molar-refractivity contribution in [3.8, 4) is 0 Å². The van der Waals surface area contributed by atoms with Crippen LogP contribution in [0.2, 0.25) is 5.02 Å². The van der Waals surface area contributed by atoms with Gasteiger partial charge in [-0.1, -0.05) is 102 Å². The van der Waals surface area contributed by atoms with E-state index >= 15 is 0 Å². The summed E-state index contributed by atoms with van der Waals surface area (Å²) in [5.41, 5.74) is 8.85. The van der Waals surface area contributed by atoms with Crippen LogP contribution >= 0.6 is 11.6 Å². The predicted molar refractivity (Wildman–Crippen MR) is 183 cm³/mol. The summed E-state index contributed by atoms with van der Waals surface area (Å²) in [4.78, 5) is 9.58. The fourth-order valence-corrected chi connectivity index (χ4v) is 5.91. The molecular formula is C39H44ClN3.